The maximum absolute atomic E-state index is 5.43. The highest BCUT2D eigenvalue weighted by Crippen LogP contribution is 2.58. The molecule has 7 heteroatoms. The van der Waals surface area contributed by atoms with Gasteiger partial charge >= 0.3 is 0 Å². The lowest BCUT2D eigenvalue weighted by Gasteiger charge is -2.39. The van der Waals surface area contributed by atoms with Gasteiger partial charge in [-0.2, -0.15) is 0 Å². The average molecular weight is 1060 g/mol. The molecule has 83 heavy (non-hydrogen) atoms. The largest absolute Gasteiger partial charge is 0.311 e. The molecule has 1 atom stereocenters. The van der Waals surface area contributed by atoms with Gasteiger partial charge < -0.3 is 18.3 Å². The van der Waals surface area contributed by atoms with E-state index in [1.54, 1.807) is 0 Å². The number of allylic oxidation sites excluding steroid dienone is 1. The minimum Gasteiger partial charge on any atom is -0.311 e. The number of benzene rings is 11. The Morgan fingerprint density at radius 1 is 0.325 bits per heavy atom. The molecule has 0 saturated carbocycles. The van der Waals surface area contributed by atoms with Gasteiger partial charge in [0.25, 0.3) is 0 Å². The first-order valence-electron chi connectivity index (χ1n) is 28.7. The number of fused-ring (bicyclic) bond motifs is 17. The minimum atomic E-state index is -1.15. The highest BCUT2D eigenvalue weighted by atomic mass is 15.3. The van der Waals surface area contributed by atoms with Crippen molar-refractivity contribution in [2.75, 3.05) is 0 Å². The number of nitrogens with zero attached hydrogens (tertiary/aromatic N) is 7. The lowest BCUT2D eigenvalue weighted by molar-refractivity contribution is 0.416. The molecular formula is C76H49N7. The van der Waals surface area contributed by atoms with Gasteiger partial charge in [0.2, 0.25) is 0 Å². The third kappa shape index (κ3) is 6.36. The van der Waals surface area contributed by atoms with Crippen molar-refractivity contribution in [1.82, 2.24) is 33.2 Å². The van der Waals surface area contributed by atoms with Crippen molar-refractivity contribution in [2.45, 2.75) is 18.5 Å². The zero-order valence-corrected chi connectivity index (χ0v) is 45.0. The highest BCUT2D eigenvalue weighted by Gasteiger charge is 2.51. The van der Waals surface area contributed by atoms with Crippen LogP contribution in [0.3, 0.4) is 0 Å². The Kier molecular flexibility index (Phi) is 9.71. The molecule has 18 rings (SSSR count). The average Bonchev–Trinajstić information content (AvgIpc) is 1.56. The van der Waals surface area contributed by atoms with Crippen molar-refractivity contribution in [3.8, 4) is 56.7 Å². The summed E-state index contributed by atoms with van der Waals surface area (Å²) in [5.41, 5.74) is 19.0. The number of para-hydroxylation sites is 5. The third-order valence-corrected chi connectivity index (χ3v) is 17.8. The SMILES string of the molecule is C1=Cc2c(n(-c3ccccc3)c3c2ccc2c4ccccc4n(C4(n5c6ccccc6c6ccc7c8ccccc8n(-c8ccccc8)c7c65)c5ccccc5-c5ccc(-c6nc(-c7ccccc7)nc(-c7ccccc7)n6)cc54)c23)CC1. The van der Waals surface area contributed by atoms with Crippen molar-refractivity contribution < 1.29 is 0 Å². The van der Waals surface area contributed by atoms with E-state index in [9.17, 15) is 0 Å². The topological polar surface area (TPSA) is 58.4 Å². The fraction of sp³-hybridized carbons (Fsp3) is 0.0395. The van der Waals surface area contributed by atoms with Gasteiger partial charge in [-0.25, -0.2) is 15.0 Å². The molecule has 0 aliphatic heterocycles. The van der Waals surface area contributed by atoms with E-state index in [-0.39, 0.29) is 0 Å². The summed E-state index contributed by atoms with van der Waals surface area (Å²) in [4.78, 5) is 16.0. The first kappa shape index (κ1) is 45.9. The molecule has 2 aliphatic rings. The Labute approximate surface area is 477 Å². The van der Waals surface area contributed by atoms with Gasteiger partial charge in [0.15, 0.2) is 23.1 Å². The summed E-state index contributed by atoms with van der Waals surface area (Å²) in [6, 6.07) is 95.4. The molecule has 5 heterocycles. The summed E-state index contributed by atoms with van der Waals surface area (Å²) in [6.07, 6.45) is 6.62. The predicted molar refractivity (Wildman–Crippen MR) is 341 cm³/mol. The minimum absolute atomic E-state index is 0.598. The number of rotatable bonds is 7. The lowest BCUT2D eigenvalue weighted by atomic mass is 9.92. The summed E-state index contributed by atoms with van der Waals surface area (Å²) in [5.74, 6) is 1.83. The molecule has 5 aromatic heterocycles. The van der Waals surface area contributed by atoms with Crippen molar-refractivity contribution in [2.24, 2.45) is 0 Å². The second-order valence-corrected chi connectivity index (χ2v) is 22.1. The monoisotopic (exact) mass is 1060 g/mol. The van der Waals surface area contributed by atoms with E-state index in [1.807, 2.05) is 36.4 Å². The summed E-state index contributed by atoms with van der Waals surface area (Å²) in [7, 11) is 0. The molecular weight excluding hydrogens is 1010 g/mol. The third-order valence-electron chi connectivity index (χ3n) is 17.8. The quantitative estimate of drug-likeness (QED) is 0.160. The summed E-state index contributed by atoms with van der Waals surface area (Å²) < 4.78 is 10.6. The molecule has 2 aliphatic carbocycles. The Hall–Kier alpha value is -10.9. The molecule has 0 spiro atoms. The molecule has 388 valence electrons. The molecule has 11 aromatic carbocycles. The standard InChI is InChI=1S/C76H49N7/c1-5-23-48(24-6-1)73-77-74(49-25-7-2-8-26-49)79-75(78-73)50-41-42-54-53-31-13-18-36-63(53)76(64(54)47-50,82-67-39-21-16-34-57(67)61-45-43-59-55-32-14-19-37-65(55)80(69(59)71(61)82)51-27-9-3-10-28-51)83-68-40-22-17-35-58(68)62-46-44-60-56-33-15-20-38-66(56)81(70(60)72(62)83)52-29-11-4-12-30-52/h1-19,21-37,39-47H,20,38H2. The van der Waals surface area contributed by atoms with Crippen LogP contribution >= 0.6 is 0 Å². The van der Waals surface area contributed by atoms with Gasteiger partial charge in [0.05, 0.1) is 38.6 Å². The van der Waals surface area contributed by atoms with E-state index in [0.29, 0.717) is 17.5 Å². The number of hydrogen-bond donors (Lipinski definition) is 0. The van der Waals surface area contributed by atoms with Gasteiger partial charge in [-0.15, -0.1) is 0 Å². The van der Waals surface area contributed by atoms with Gasteiger partial charge in [-0.05, 0) is 72.5 Å². The predicted octanol–water partition coefficient (Wildman–Crippen LogP) is 18.4. The van der Waals surface area contributed by atoms with Gasteiger partial charge in [0, 0.05) is 88.2 Å². The van der Waals surface area contributed by atoms with Crippen molar-refractivity contribution >= 4 is 82.4 Å². The van der Waals surface area contributed by atoms with Crippen LogP contribution in [-0.2, 0) is 12.1 Å². The van der Waals surface area contributed by atoms with E-state index in [4.69, 9.17) is 15.0 Å². The van der Waals surface area contributed by atoms with Crippen LogP contribution in [0.4, 0.5) is 0 Å². The lowest BCUT2D eigenvalue weighted by Crippen LogP contribution is -2.42. The fourth-order valence-corrected chi connectivity index (χ4v) is 14.5. The van der Waals surface area contributed by atoms with Crippen LogP contribution in [0.2, 0.25) is 0 Å². The summed E-state index contributed by atoms with van der Waals surface area (Å²) in [6.45, 7) is 0. The molecule has 7 nitrogen and oxygen atoms in total. The second-order valence-electron chi connectivity index (χ2n) is 22.1. The molecule has 1 unspecified atom stereocenters. The molecule has 0 N–H and O–H groups in total. The van der Waals surface area contributed by atoms with Gasteiger partial charge in [-0.3, -0.25) is 0 Å². The first-order chi connectivity index (χ1) is 41.2. The molecule has 0 radical (unpaired) electrons. The maximum atomic E-state index is 5.43. The van der Waals surface area contributed by atoms with Crippen molar-refractivity contribution in [1.29, 1.82) is 0 Å². The Balaban J connectivity index is 1.09. The Morgan fingerprint density at radius 3 is 1.37 bits per heavy atom. The van der Waals surface area contributed by atoms with Gasteiger partial charge in [-0.1, -0.05) is 224 Å². The normalized spacial score (nSPS) is 14.7. The van der Waals surface area contributed by atoms with E-state index in [0.717, 1.165) is 85.1 Å². The van der Waals surface area contributed by atoms with Crippen molar-refractivity contribution in [3.63, 3.8) is 0 Å². The van der Waals surface area contributed by atoms with Crippen LogP contribution < -0.4 is 0 Å². The fourth-order valence-electron chi connectivity index (χ4n) is 14.5. The maximum Gasteiger partial charge on any atom is 0.176 e. The zero-order valence-electron chi connectivity index (χ0n) is 45.0. The molecule has 0 fully saturated rings. The smallest absolute Gasteiger partial charge is 0.176 e. The van der Waals surface area contributed by atoms with Crippen LogP contribution in [0, 0.1) is 0 Å². The Bertz CT molecular complexity index is 5320. The highest BCUT2D eigenvalue weighted by molar-refractivity contribution is 6.24. The molecule has 16 aromatic rings. The molecule has 0 saturated heterocycles. The Morgan fingerprint density at radius 2 is 0.771 bits per heavy atom. The van der Waals surface area contributed by atoms with Crippen LogP contribution in [0.5, 0.6) is 0 Å². The molecule has 0 amide bonds. The van der Waals surface area contributed by atoms with Crippen LogP contribution in [0.25, 0.3) is 139 Å². The van der Waals surface area contributed by atoms with E-state index < -0.39 is 5.66 Å². The first-order valence-corrected chi connectivity index (χ1v) is 28.7. The second kappa shape index (κ2) is 17.6. The van der Waals surface area contributed by atoms with Crippen molar-refractivity contribution in [3.05, 3.63) is 289 Å². The van der Waals surface area contributed by atoms with Crippen LogP contribution in [0.1, 0.15) is 28.8 Å². The number of hydrogen-bond acceptors (Lipinski definition) is 3. The zero-order chi connectivity index (χ0) is 54.3. The van der Waals surface area contributed by atoms with Crippen LogP contribution in [-0.4, -0.2) is 33.2 Å². The molecule has 0 bridgehead atoms. The number of aromatic nitrogens is 7. The summed E-state index contributed by atoms with van der Waals surface area (Å²) >= 11 is 0. The van der Waals surface area contributed by atoms with Gasteiger partial charge in [0.1, 0.15) is 0 Å². The van der Waals surface area contributed by atoms with E-state index >= 15 is 0 Å². The van der Waals surface area contributed by atoms with Crippen LogP contribution in [0.15, 0.2) is 267 Å². The summed E-state index contributed by atoms with van der Waals surface area (Å²) in [5, 5.41) is 8.33. The van der Waals surface area contributed by atoms with E-state index in [1.165, 1.54) is 65.6 Å². The van der Waals surface area contributed by atoms with E-state index in [2.05, 4.69) is 255 Å².